The SMILES string of the molecule is CCOC(O)C(C)NC(=O)[C@@H]1C[C@H](C)CC[C@H]1C(C)C. The summed E-state index contributed by atoms with van der Waals surface area (Å²) in [5.41, 5.74) is 0. The van der Waals surface area contributed by atoms with Crippen LogP contribution >= 0.6 is 0 Å². The van der Waals surface area contributed by atoms with Crippen molar-refractivity contribution >= 4 is 5.91 Å². The lowest BCUT2D eigenvalue weighted by Gasteiger charge is -2.37. The quantitative estimate of drug-likeness (QED) is 0.737. The molecule has 2 unspecified atom stereocenters. The van der Waals surface area contributed by atoms with Crippen LogP contribution in [0.3, 0.4) is 0 Å². The molecule has 0 spiro atoms. The van der Waals surface area contributed by atoms with Crippen LogP contribution in [0.2, 0.25) is 0 Å². The van der Waals surface area contributed by atoms with E-state index in [1.165, 1.54) is 6.42 Å². The summed E-state index contributed by atoms with van der Waals surface area (Å²) in [6.45, 7) is 10.7. The van der Waals surface area contributed by atoms with Gasteiger partial charge in [0.15, 0.2) is 6.29 Å². The van der Waals surface area contributed by atoms with E-state index < -0.39 is 6.29 Å². The van der Waals surface area contributed by atoms with Crippen molar-refractivity contribution in [2.24, 2.45) is 23.7 Å². The first-order chi connectivity index (χ1) is 9.36. The molecule has 0 aromatic rings. The largest absolute Gasteiger partial charge is 0.366 e. The van der Waals surface area contributed by atoms with Gasteiger partial charge in [-0.05, 0) is 44.4 Å². The van der Waals surface area contributed by atoms with Gasteiger partial charge in [-0.1, -0.05) is 27.2 Å². The summed E-state index contributed by atoms with van der Waals surface area (Å²) in [6.07, 6.45) is 2.36. The zero-order valence-corrected chi connectivity index (χ0v) is 13.6. The molecule has 0 aromatic heterocycles. The molecular formula is C16H31NO3. The van der Waals surface area contributed by atoms with Crippen molar-refractivity contribution in [3.63, 3.8) is 0 Å². The van der Waals surface area contributed by atoms with Crippen LogP contribution in [0.25, 0.3) is 0 Å². The molecule has 1 fully saturated rings. The van der Waals surface area contributed by atoms with Crippen LogP contribution in [-0.4, -0.2) is 30.0 Å². The highest BCUT2D eigenvalue weighted by molar-refractivity contribution is 5.79. The second kappa shape index (κ2) is 7.99. The molecule has 1 rings (SSSR count). The van der Waals surface area contributed by atoms with Crippen LogP contribution in [0, 0.1) is 23.7 Å². The van der Waals surface area contributed by atoms with Crippen molar-refractivity contribution < 1.29 is 14.6 Å². The van der Waals surface area contributed by atoms with Crippen LogP contribution in [0.15, 0.2) is 0 Å². The van der Waals surface area contributed by atoms with Gasteiger partial charge >= 0.3 is 0 Å². The molecule has 5 atom stereocenters. The number of rotatable bonds is 6. The molecule has 0 radical (unpaired) electrons. The second-order valence-electron chi connectivity index (χ2n) is 6.58. The van der Waals surface area contributed by atoms with Crippen LogP contribution < -0.4 is 5.32 Å². The van der Waals surface area contributed by atoms with Crippen molar-refractivity contribution in [1.82, 2.24) is 5.32 Å². The van der Waals surface area contributed by atoms with Crippen LogP contribution in [-0.2, 0) is 9.53 Å². The number of ether oxygens (including phenoxy) is 1. The van der Waals surface area contributed by atoms with Gasteiger partial charge in [-0.15, -0.1) is 0 Å². The number of hydrogen-bond acceptors (Lipinski definition) is 3. The maximum absolute atomic E-state index is 12.5. The third kappa shape index (κ3) is 4.74. The zero-order valence-electron chi connectivity index (χ0n) is 13.6. The standard InChI is InChI=1S/C16H31NO3/c1-6-20-16(19)12(5)17-15(18)14-9-11(4)7-8-13(14)10(2)3/h10-14,16,19H,6-9H2,1-5H3,(H,17,18)/t11-,12?,13+,14-,16?/m1/s1. The molecule has 1 amide bonds. The lowest BCUT2D eigenvalue weighted by molar-refractivity contribution is -0.139. The minimum Gasteiger partial charge on any atom is -0.366 e. The molecule has 0 aromatic carbocycles. The Labute approximate surface area is 123 Å². The van der Waals surface area contributed by atoms with Gasteiger partial charge in [0.1, 0.15) is 0 Å². The highest BCUT2D eigenvalue weighted by Crippen LogP contribution is 2.38. The molecule has 1 aliphatic carbocycles. The van der Waals surface area contributed by atoms with Crippen molar-refractivity contribution in [1.29, 1.82) is 0 Å². The Morgan fingerprint density at radius 2 is 2.00 bits per heavy atom. The predicted octanol–water partition coefficient (Wildman–Crippen LogP) is 2.55. The summed E-state index contributed by atoms with van der Waals surface area (Å²) < 4.78 is 5.13. The Hall–Kier alpha value is -0.610. The predicted molar refractivity (Wildman–Crippen MR) is 80.1 cm³/mol. The summed E-state index contributed by atoms with van der Waals surface area (Å²) in [7, 11) is 0. The molecule has 1 saturated carbocycles. The Bertz CT molecular complexity index is 306. The minimum atomic E-state index is -0.928. The highest BCUT2D eigenvalue weighted by Gasteiger charge is 2.36. The van der Waals surface area contributed by atoms with E-state index in [9.17, 15) is 9.90 Å². The Morgan fingerprint density at radius 3 is 2.55 bits per heavy atom. The fourth-order valence-electron chi connectivity index (χ4n) is 3.22. The Morgan fingerprint density at radius 1 is 1.35 bits per heavy atom. The average molecular weight is 285 g/mol. The average Bonchev–Trinajstić information content (AvgIpc) is 2.38. The summed E-state index contributed by atoms with van der Waals surface area (Å²) >= 11 is 0. The smallest absolute Gasteiger partial charge is 0.223 e. The molecular weight excluding hydrogens is 254 g/mol. The third-order valence-electron chi connectivity index (χ3n) is 4.49. The molecule has 2 N–H and O–H groups in total. The van der Waals surface area contributed by atoms with Gasteiger partial charge in [0.05, 0.1) is 6.04 Å². The summed E-state index contributed by atoms with van der Waals surface area (Å²) in [6, 6.07) is -0.368. The Kier molecular flexibility index (Phi) is 6.96. The first-order valence-corrected chi connectivity index (χ1v) is 7.96. The lowest BCUT2D eigenvalue weighted by Crippen LogP contribution is -2.48. The van der Waals surface area contributed by atoms with Crippen molar-refractivity contribution in [3.8, 4) is 0 Å². The molecule has 0 saturated heterocycles. The lowest BCUT2D eigenvalue weighted by atomic mass is 9.69. The number of aliphatic hydroxyl groups is 1. The number of nitrogens with one attached hydrogen (secondary N) is 1. The molecule has 4 heteroatoms. The fraction of sp³-hybridized carbons (Fsp3) is 0.938. The monoisotopic (exact) mass is 285 g/mol. The first-order valence-electron chi connectivity index (χ1n) is 7.96. The van der Waals surface area contributed by atoms with E-state index in [2.05, 4.69) is 26.1 Å². The van der Waals surface area contributed by atoms with Crippen molar-refractivity contribution in [3.05, 3.63) is 0 Å². The minimum absolute atomic E-state index is 0.0648. The van der Waals surface area contributed by atoms with E-state index in [0.717, 1.165) is 12.8 Å². The fourth-order valence-corrected chi connectivity index (χ4v) is 3.22. The maximum atomic E-state index is 12.5. The molecule has 0 aliphatic heterocycles. The van der Waals surface area contributed by atoms with E-state index in [1.807, 2.05) is 6.92 Å². The number of hydrogen-bond donors (Lipinski definition) is 2. The van der Waals surface area contributed by atoms with E-state index in [-0.39, 0.29) is 17.9 Å². The molecule has 4 nitrogen and oxygen atoms in total. The van der Waals surface area contributed by atoms with Crippen LogP contribution in [0.1, 0.15) is 53.9 Å². The first kappa shape index (κ1) is 17.4. The topological polar surface area (TPSA) is 58.6 Å². The van der Waals surface area contributed by atoms with Crippen LogP contribution in [0.4, 0.5) is 0 Å². The molecule has 20 heavy (non-hydrogen) atoms. The zero-order chi connectivity index (χ0) is 15.3. The number of aliphatic hydroxyl groups excluding tert-OH is 1. The molecule has 118 valence electrons. The normalized spacial score (nSPS) is 30.1. The van der Waals surface area contributed by atoms with Gasteiger partial charge in [-0.3, -0.25) is 4.79 Å². The van der Waals surface area contributed by atoms with Crippen LogP contribution in [0.5, 0.6) is 0 Å². The van der Waals surface area contributed by atoms with Gasteiger partial charge in [0, 0.05) is 12.5 Å². The summed E-state index contributed by atoms with van der Waals surface area (Å²) in [5, 5.41) is 12.7. The molecule has 0 bridgehead atoms. The van der Waals surface area contributed by atoms with E-state index in [1.54, 1.807) is 6.92 Å². The maximum Gasteiger partial charge on any atom is 0.223 e. The van der Waals surface area contributed by atoms with Gasteiger partial charge in [0.2, 0.25) is 5.91 Å². The summed E-state index contributed by atoms with van der Waals surface area (Å²) in [5.74, 6) is 1.71. The number of carbonyl (C=O) groups excluding carboxylic acids is 1. The molecule has 1 aliphatic rings. The molecule has 0 heterocycles. The van der Waals surface area contributed by atoms with Gasteiger partial charge in [-0.2, -0.15) is 0 Å². The number of carbonyl (C=O) groups is 1. The van der Waals surface area contributed by atoms with Gasteiger partial charge in [-0.25, -0.2) is 0 Å². The summed E-state index contributed by atoms with van der Waals surface area (Å²) in [4.78, 5) is 12.5. The van der Waals surface area contributed by atoms with Crippen molar-refractivity contribution in [2.45, 2.75) is 66.2 Å². The van der Waals surface area contributed by atoms with Gasteiger partial charge in [0.25, 0.3) is 0 Å². The Balaban J connectivity index is 2.62. The number of amides is 1. The highest BCUT2D eigenvalue weighted by atomic mass is 16.6. The van der Waals surface area contributed by atoms with E-state index in [4.69, 9.17) is 4.74 Å². The van der Waals surface area contributed by atoms with Gasteiger partial charge < -0.3 is 15.2 Å². The van der Waals surface area contributed by atoms with E-state index in [0.29, 0.717) is 24.4 Å². The van der Waals surface area contributed by atoms with Crippen molar-refractivity contribution in [2.75, 3.05) is 6.61 Å². The third-order valence-corrected chi connectivity index (χ3v) is 4.49. The second-order valence-corrected chi connectivity index (χ2v) is 6.58. The van der Waals surface area contributed by atoms with E-state index >= 15 is 0 Å².